The SMILES string of the molecule is Cc1ccc(S(=O)(=O)N(C)C)cc1NC(=O)C(C)N1CCN(C(=O)c2ccccc2F)CC1. The van der Waals surface area contributed by atoms with E-state index in [4.69, 9.17) is 0 Å². The number of aryl methyl sites for hydroxylation is 1. The van der Waals surface area contributed by atoms with Crippen molar-refractivity contribution in [2.45, 2.75) is 24.8 Å². The first-order valence-corrected chi connectivity index (χ1v) is 12.1. The Hall–Kier alpha value is -2.82. The summed E-state index contributed by atoms with van der Waals surface area (Å²) in [5.41, 5.74) is 1.22. The second kappa shape index (κ2) is 9.98. The van der Waals surface area contributed by atoms with Crippen LogP contribution in [0.3, 0.4) is 0 Å². The van der Waals surface area contributed by atoms with E-state index in [2.05, 4.69) is 5.32 Å². The van der Waals surface area contributed by atoms with Crippen LogP contribution in [0.1, 0.15) is 22.8 Å². The van der Waals surface area contributed by atoms with E-state index in [1.165, 1.54) is 44.4 Å². The predicted octanol–water partition coefficient (Wildman–Crippen LogP) is 2.17. The van der Waals surface area contributed by atoms with Gasteiger partial charge in [0.05, 0.1) is 16.5 Å². The topological polar surface area (TPSA) is 90.0 Å². The molecule has 1 aliphatic heterocycles. The molecule has 178 valence electrons. The van der Waals surface area contributed by atoms with Gasteiger partial charge in [0.15, 0.2) is 0 Å². The van der Waals surface area contributed by atoms with Crippen LogP contribution in [0.2, 0.25) is 0 Å². The first-order chi connectivity index (χ1) is 15.5. The van der Waals surface area contributed by atoms with Crippen LogP contribution in [0, 0.1) is 12.7 Å². The molecule has 33 heavy (non-hydrogen) atoms. The highest BCUT2D eigenvalue weighted by Crippen LogP contribution is 2.23. The van der Waals surface area contributed by atoms with E-state index in [0.717, 1.165) is 9.87 Å². The Morgan fingerprint density at radius 3 is 2.30 bits per heavy atom. The van der Waals surface area contributed by atoms with Gasteiger partial charge in [-0.25, -0.2) is 17.1 Å². The van der Waals surface area contributed by atoms with E-state index in [1.54, 1.807) is 30.9 Å². The molecule has 2 amide bonds. The van der Waals surface area contributed by atoms with Gasteiger partial charge in [0, 0.05) is 46.0 Å². The van der Waals surface area contributed by atoms with Crippen molar-refractivity contribution in [1.29, 1.82) is 0 Å². The van der Waals surface area contributed by atoms with Gasteiger partial charge in [-0.1, -0.05) is 18.2 Å². The molecule has 0 aliphatic carbocycles. The average Bonchev–Trinajstić information content (AvgIpc) is 2.79. The van der Waals surface area contributed by atoms with Crippen LogP contribution in [-0.4, -0.2) is 80.7 Å². The molecule has 0 spiro atoms. The zero-order chi connectivity index (χ0) is 24.3. The largest absolute Gasteiger partial charge is 0.336 e. The zero-order valence-corrected chi connectivity index (χ0v) is 20.0. The summed E-state index contributed by atoms with van der Waals surface area (Å²) >= 11 is 0. The lowest BCUT2D eigenvalue weighted by Crippen LogP contribution is -2.54. The van der Waals surface area contributed by atoms with Crippen molar-refractivity contribution >= 4 is 27.5 Å². The highest BCUT2D eigenvalue weighted by atomic mass is 32.2. The molecular formula is C23H29FN4O4S. The fraction of sp³-hybridized carbons (Fsp3) is 0.391. The molecular weight excluding hydrogens is 447 g/mol. The second-order valence-electron chi connectivity index (χ2n) is 8.24. The Labute approximate surface area is 194 Å². The number of amides is 2. The number of nitrogens with zero attached hydrogens (tertiary/aromatic N) is 3. The van der Waals surface area contributed by atoms with Crippen molar-refractivity contribution in [3.63, 3.8) is 0 Å². The number of hydrogen-bond acceptors (Lipinski definition) is 5. The van der Waals surface area contributed by atoms with E-state index in [0.29, 0.717) is 31.9 Å². The molecule has 3 rings (SSSR count). The number of nitrogens with one attached hydrogen (secondary N) is 1. The summed E-state index contributed by atoms with van der Waals surface area (Å²) in [6.45, 7) is 5.23. The average molecular weight is 477 g/mol. The van der Waals surface area contributed by atoms with Gasteiger partial charge in [0.1, 0.15) is 5.82 Å². The van der Waals surface area contributed by atoms with E-state index in [9.17, 15) is 22.4 Å². The van der Waals surface area contributed by atoms with Crippen LogP contribution in [0.4, 0.5) is 10.1 Å². The van der Waals surface area contributed by atoms with Crippen molar-refractivity contribution in [3.05, 3.63) is 59.4 Å². The highest BCUT2D eigenvalue weighted by molar-refractivity contribution is 7.89. The van der Waals surface area contributed by atoms with Gasteiger partial charge < -0.3 is 10.2 Å². The number of hydrogen-bond donors (Lipinski definition) is 1. The number of rotatable bonds is 6. The van der Waals surface area contributed by atoms with Crippen molar-refractivity contribution < 1.29 is 22.4 Å². The molecule has 0 radical (unpaired) electrons. The summed E-state index contributed by atoms with van der Waals surface area (Å²) < 4.78 is 39.9. The minimum absolute atomic E-state index is 0.0415. The molecule has 1 heterocycles. The summed E-state index contributed by atoms with van der Waals surface area (Å²) in [5.74, 6) is -1.18. The van der Waals surface area contributed by atoms with E-state index < -0.39 is 21.9 Å². The van der Waals surface area contributed by atoms with Crippen LogP contribution in [0.5, 0.6) is 0 Å². The summed E-state index contributed by atoms with van der Waals surface area (Å²) in [6.07, 6.45) is 0. The maximum atomic E-state index is 13.9. The summed E-state index contributed by atoms with van der Waals surface area (Å²) in [5, 5.41) is 2.83. The molecule has 0 saturated carbocycles. The van der Waals surface area contributed by atoms with Crippen molar-refractivity contribution in [1.82, 2.24) is 14.1 Å². The Morgan fingerprint density at radius 2 is 1.70 bits per heavy atom. The standard InChI is InChI=1S/C23H29FN4O4S/c1-16-9-10-18(33(31,32)26(3)4)15-21(16)25-22(29)17(2)27-11-13-28(14-12-27)23(30)19-7-5-6-8-20(19)24/h5-10,15,17H,11-14H2,1-4H3,(H,25,29). The third kappa shape index (κ3) is 5.40. The first-order valence-electron chi connectivity index (χ1n) is 10.6. The van der Waals surface area contributed by atoms with Gasteiger partial charge >= 0.3 is 0 Å². The van der Waals surface area contributed by atoms with Crippen LogP contribution in [0.25, 0.3) is 0 Å². The third-order valence-electron chi connectivity index (χ3n) is 5.88. The minimum Gasteiger partial charge on any atom is -0.336 e. The fourth-order valence-electron chi connectivity index (χ4n) is 3.63. The number of sulfonamides is 1. The molecule has 10 heteroatoms. The number of piperazine rings is 1. The first kappa shape index (κ1) is 24.8. The maximum Gasteiger partial charge on any atom is 0.256 e. The third-order valence-corrected chi connectivity index (χ3v) is 7.69. The number of halogens is 1. The molecule has 1 unspecified atom stereocenters. The normalized spacial score (nSPS) is 16.0. The fourth-order valence-corrected chi connectivity index (χ4v) is 4.56. The van der Waals surface area contributed by atoms with Gasteiger partial charge in [-0.2, -0.15) is 0 Å². The molecule has 2 aromatic carbocycles. The summed E-state index contributed by atoms with van der Waals surface area (Å²) in [6, 6.07) is 10.0. The van der Waals surface area contributed by atoms with Gasteiger partial charge in [-0.15, -0.1) is 0 Å². The van der Waals surface area contributed by atoms with Crippen LogP contribution in [0.15, 0.2) is 47.4 Å². The highest BCUT2D eigenvalue weighted by Gasteiger charge is 2.29. The molecule has 0 bridgehead atoms. The zero-order valence-electron chi connectivity index (χ0n) is 19.2. The van der Waals surface area contributed by atoms with Crippen molar-refractivity contribution in [2.75, 3.05) is 45.6 Å². The van der Waals surface area contributed by atoms with E-state index >= 15 is 0 Å². The Kier molecular flexibility index (Phi) is 7.51. The molecule has 1 atom stereocenters. The van der Waals surface area contributed by atoms with Crippen LogP contribution >= 0.6 is 0 Å². The second-order valence-corrected chi connectivity index (χ2v) is 10.4. The summed E-state index contributed by atoms with van der Waals surface area (Å²) in [7, 11) is -0.725. The van der Waals surface area contributed by atoms with Crippen LogP contribution < -0.4 is 5.32 Å². The van der Waals surface area contributed by atoms with Gasteiger partial charge in [-0.3, -0.25) is 14.5 Å². The Balaban J connectivity index is 1.64. The monoisotopic (exact) mass is 476 g/mol. The summed E-state index contributed by atoms with van der Waals surface area (Å²) in [4.78, 5) is 29.1. The molecule has 1 aliphatic rings. The number of anilines is 1. The number of carbonyl (C=O) groups is 2. The molecule has 1 fully saturated rings. The minimum atomic E-state index is -3.63. The lowest BCUT2D eigenvalue weighted by atomic mass is 10.1. The molecule has 1 saturated heterocycles. The van der Waals surface area contributed by atoms with E-state index in [1.807, 2.05) is 4.90 Å². The molecule has 2 aromatic rings. The predicted molar refractivity (Wildman–Crippen MR) is 124 cm³/mol. The lowest BCUT2D eigenvalue weighted by Gasteiger charge is -2.37. The van der Waals surface area contributed by atoms with Crippen molar-refractivity contribution in [3.8, 4) is 0 Å². The molecule has 8 nitrogen and oxygen atoms in total. The molecule has 1 N–H and O–H groups in total. The smallest absolute Gasteiger partial charge is 0.256 e. The van der Waals surface area contributed by atoms with Crippen molar-refractivity contribution in [2.24, 2.45) is 0 Å². The maximum absolute atomic E-state index is 13.9. The Bertz CT molecular complexity index is 1140. The van der Waals surface area contributed by atoms with Gasteiger partial charge in [0.2, 0.25) is 15.9 Å². The van der Waals surface area contributed by atoms with Gasteiger partial charge in [0.25, 0.3) is 5.91 Å². The number of benzene rings is 2. The number of carbonyl (C=O) groups excluding carboxylic acids is 2. The van der Waals surface area contributed by atoms with Gasteiger partial charge in [-0.05, 0) is 43.7 Å². The van der Waals surface area contributed by atoms with Crippen LogP contribution in [-0.2, 0) is 14.8 Å². The Morgan fingerprint density at radius 1 is 1.06 bits per heavy atom. The van der Waals surface area contributed by atoms with E-state index in [-0.39, 0.29) is 22.3 Å². The molecule has 0 aromatic heterocycles. The quantitative estimate of drug-likeness (QED) is 0.690. The lowest BCUT2D eigenvalue weighted by molar-refractivity contribution is -0.121.